The summed E-state index contributed by atoms with van der Waals surface area (Å²) in [6.45, 7) is 6.14. The Labute approximate surface area is 232 Å². The Kier molecular flexibility index (Phi) is 8.35. The predicted molar refractivity (Wildman–Crippen MR) is 146 cm³/mol. The predicted octanol–water partition coefficient (Wildman–Crippen LogP) is 3.78. The number of fused-ring (bicyclic) bond motifs is 2. The molecule has 2 aliphatic rings. The lowest BCUT2D eigenvalue weighted by Gasteiger charge is -2.20. The van der Waals surface area contributed by atoms with Crippen molar-refractivity contribution >= 4 is 77.7 Å². The van der Waals surface area contributed by atoms with Crippen LogP contribution in [0.25, 0.3) is 0 Å². The molecule has 0 atom stereocenters. The number of nitrogens with one attached hydrogen (secondary N) is 2. The third-order valence-electron chi connectivity index (χ3n) is 5.64. The maximum absolute atomic E-state index is 12.7. The number of carbonyl (C=O) groups excluding carboxylic acids is 4. The second-order valence-electron chi connectivity index (χ2n) is 8.38. The third-order valence-corrected chi connectivity index (χ3v) is 9.09. The van der Waals surface area contributed by atoms with Crippen molar-refractivity contribution < 1.29 is 19.2 Å². The molecule has 0 saturated carbocycles. The van der Waals surface area contributed by atoms with E-state index >= 15 is 0 Å². The van der Waals surface area contributed by atoms with E-state index in [-0.39, 0.29) is 54.9 Å². The zero-order valence-electron chi connectivity index (χ0n) is 19.8. The van der Waals surface area contributed by atoms with Crippen LogP contribution in [0.2, 0.25) is 0 Å². The summed E-state index contributed by atoms with van der Waals surface area (Å²) in [5, 5.41) is 7.56. The zero-order valence-corrected chi connectivity index (χ0v) is 24.6. The molecule has 0 radical (unpaired) electrons. The van der Waals surface area contributed by atoms with Gasteiger partial charge in [-0.1, -0.05) is 0 Å². The van der Waals surface area contributed by atoms with Crippen molar-refractivity contribution in [2.45, 2.75) is 26.7 Å². The van der Waals surface area contributed by atoms with Crippen molar-refractivity contribution in [3.05, 3.63) is 51.5 Å². The molecule has 0 saturated heterocycles. The first-order valence-corrected chi connectivity index (χ1v) is 14.4. The van der Waals surface area contributed by atoms with Gasteiger partial charge in [0.2, 0.25) is 23.1 Å². The van der Waals surface area contributed by atoms with Crippen molar-refractivity contribution in [2.24, 2.45) is 0 Å². The number of aryl methyl sites for hydroxylation is 2. The Hall–Kier alpha value is -2.06. The van der Waals surface area contributed by atoms with Gasteiger partial charge in [-0.25, -0.2) is 9.97 Å². The summed E-state index contributed by atoms with van der Waals surface area (Å²) in [4.78, 5) is 61.8. The van der Waals surface area contributed by atoms with Gasteiger partial charge in [0.05, 0.1) is 19.0 Å². The number of nitrogens with zero attached hydrogens (tertiary/aromatic N) is 3. The number of carbonyl (C=O) groups is 4. The number of hydrogen-bond donors (Lipinski definition) is 2. The maximum atomic E-state index is 12.7. The fourth-order valence-corrected chi connectivity index (χ4v) is 6.91. The molecule has 0 aromatic carbocycles. The highest BCUT2D eigenvalue weighted by Crippen LogP contribution is 2.33. The van der Waals surface area contributed by atoms with Crippen molar-refractivity contribution in [3.63, 3.8) is 0 Å². The normalized spacial score (nSPS) is 15.7. The fourth-order valence-electron chi connectivity index (χ4n) is 3.88. The molecule has 0 spiro atoms. The van der Waals surface area contributed by atoms with Crippen molar-refractivity contribution in [3.8, 4) is 0 Å². The van der Waals surface area contributed by atoms with Crippen LogP contribution in [0.15, 0.2) is 20.4 Å². The van der Waals surface area contributed by atoms with Crippen molar-refractivity contribution in [1.29, 1.82) is 0 Å². The molecule has 0 amide bonds. The summed E-state index contributed by atoms with van der Waals surface area (Å²) in [5.74, 6) is -0.973. The number of ketones is 4. The van der Waals surface area contributed by atoms with Gasteiger partial charge < -0.3 is 15.5 Å². The molecule has 190 valence electrons. The number of halogens is 2. The molecule has 0 unspecified atom stereocenters. The van der Waals surface area contributed by atoms with Gasteiger partial charge in [0.1, 0.15) is 32.5 Å². The molecule has 2 aliphatic carbocycles. The molecule has 0 fully saturated rings. The van der Waals surface area contributed by atoms with E-state index in [1.807, 2.05) is 7.05 Å². The van der Waals surface area contributed by atoms with Gasteiger partial charge in [-0.2, -0.15) is 0 Å². The van der Waals surface area contributed by atoms with E-state index in [1.54, 1.807) is 13.8 Å². The molecule has 2 aromatic rings. The third kappa shape index (κ3) is 5.30. The molecule has 9 nitrogen and oxygen atoms in total. The molecule has 2 heterocycles. The van der Waals surface area contributed by atoms with Gasteiger partial charge in [0, 0.05) is 13.1 Å². The molecular formula is C23H23Br2N5O4S2. The van der Waals surface area contributed by atoms with Gasteiger partial charge in [-0.05, 0) is 78.7 Å². The summed E-state index contributed by atoms with van der Waals surface area (Å²) in [7, 11) is 1.99. The van der Waals surface area contributed by atoms with Crippen LogP contribution in [0, 0.1) is 13.8 Å². The number of rotatable bonds is 10. The summed E-state index contributed by atoms with van der Waals surface area (Å²) < 4.78 is 0.499. The SMILES string of the molecule is Cc1nc2c(s1)C(=O)C(Br)=C(NCCCN(C)CCCNC1=C(Br)C(=O)c3sc(C)nc3C1=O)C2=O. The summed E-state index contributed by atoms with van der Waals surface area (Å²) in [5.41, 5.74) is 0.958. The average molecular weight is 657 g/mol. The van der Waals surface area contributed by atoms with Crippen LogP contribution >= 0.6 is 54.5 Å². The van der Waals surface area contributed by atoms with Gasteiger partial charge in [0.15, 0.2) is 0 Å². The number of Topliss-reactive ketones (excluding diaryl/α,β-unsaturated/α-hetero) is 4. The number of thiazole rings is 2. The molecule has 0 aliphatic heterocycles. The molecule has 36 heavy (non-hydrogen) atoms. The van der Waals surface area contributed by atoms with Crippen molar-refractivity contribution in [2.75, 3.05) is 33.2 Å². The smallest absolute Gasteiger partial charge is 0.230 e. The average Bonchev–Trinajstić information content (AvgIpc) is 3.43. The van der Waals surface area contributed by atoms with E-state index < -0.39 is 0 Å². The summed E-state index contributed by atoms with van der Waals surface area (Å²) >= 11 is 9.00. The van der Waals surface area contributed by atoms with E-state index in [0.29, 0.717) is 32.9 Å². The van der Waals surface area contributed by atoms with Crippen LogP contribution in [0.1, 0.15) is 63.2 Å². The van der Waals surface area contributed by atoms with Gasteiger partial charge in [-0.3, -0.25) is 19.2 Å². The Bertz CT molecular complexity index is 1240. The van der Waals surface area contributed by atoms with Gasteiger partial charge in [-0.15, -0.1) is 22.7 Å². The van der Waals surface area contributed by atoms with E-state index in [1.165, 1.54) is 22.7 Å². The molecule has 13 heteroatoms. The van der Waals surface area contributed by atoms with Crippen LogP contribution in [0.4, 0.5) is 0 Å². The highest BCUT2D eigenvalue weighted by Gasteiger charge is 2.35. The van der Waals surface area contributed by atoms with Gasteiger partial charge in [0.25, 0.3) is 0 Å². The molecular weight excluding hydrogens is 634 g/mol. The minimum atomic E-state index is -0.267. The minimum absolute atomic E-state index is 0.219. The Morgan fingerprint density at radius 1 is 0.722 bits per heavy atom. The van der Waals surface area contributed by atoms with E-state index in [4.69, 9.17) is 0 Å². The van der Waals surface area contributed by atoms with Crippen LogP contribution in [-0.2, 0) is 0 Å². The molecule has 4 rings (SSSR count). The first-order chi connectivity index (χ1) is 17.1. The molecule has 0 bridgehead atoms. The van der Waals surface area contributed by atoms with Crippen LogP contribution in [0.3, 0.4) is 0 Å². The maximum Gasteiger partial charge on any atom is 0.230 e. The lowest BCUT2D eigenvalue weighted by atomic mass is 10.0. The lowest BCUT2D eigenvalue weighted by Crippen LogP contribution is -2.32. The van der Waals surface area contributed by atoms with Crippen LogP contribution < -0.4 is 10.6 Å². The Morgan fingerprint density at radius 2 is 1.11 bits per heavy atom. The van der Waals surface area contributed by atoms with Crippen LogP contribution in [0.5, 0.6) is 0 Å². The standard InChI is InChI=1S/C23H23Br2N5O4S2/c1-10-28-16-20(33)14(12(24)18(31)22(16)35-10)26-6-4-8-30(3)9-5-7-27-15-13(25)19(32)23-17(21(15)34)29-11(2)36-23/h26-27H,4-9H2,1-3H3. The minimum Gasteiger partial charge on any atom is -0.381 e. The van der Waals surface area contributed by atoms with Gasteiger partial charge >= 0.3 is 0 Å². The molecule has 2 N–H and O–H groups in total. The second-order valence-corrected chi connectivity index (χ2v) is 12.4. The Balaban J connectivity index is 1.20. The second kappa shape index (κ2) is 11.1. The van der Waals surface area contributed by atoms with E-state index in [0.717, 1.165) is 25.9 Å². The van der Waals surface area contributed by atoms with E-state index in [2.05, 4.69) is 57.4 Å². The largest absolute Gasteiger partial charge is 0.381 e. The first-order valence-electron chi connectivity index (χ1n) is 11.2. The van der Waals surface area contributed by atoms with Crippen molar-refractivity contribution in [1.82, 2.24) is 25.5 Å². The Morgan fingerprint density at radius 3 is 1.50 bits per heavy atom. The number of aromatic nitrogens is 2. The number of hydrogen-bond acceptors (Lipinski definition) is 11. The topological polar surface area (TPSA) is 121 Å². The number of allylic oxidation sites excluding steroid dienone is 4. The monoisotopic (exact) mass is 655 g/mol. The van der Waals surface area contributed by atoms with Crippen LogP contribution in [-0.4, -0.2) is 71.2 Å². The highest BCUT2D eigenvalue weighted by atomic mass is 79.9. The highest BCUT2D eigenvalue weighted by molar-refractivity contribution is 9.12. The summed E-state index contributed by atoms with van der Waals surface area (Å²) in [6.07, 6.45) is 1.52. The quantitative estimate of drug-likeness (QED) is 0.368. The first kappa shape index (κ1) is 27.0. The zero-order chi connectivity index (χ0) is 26.1. The summed E-state index contributed by atoms with van der Waals surface area (Å²) in [6, 6.07) is 0. The fraction of sp³-hybridized carbons (Fsp3) is 0.391. The molecule has 2 aromatic heterocycles. The lowest BCUT2D eigenvalue weighted by molar-refractivity contribution is 0.0975. The van der Waals surface area contributed by atoms with E-state index in [9.17, 15) is 19.2 Å².